The molecule has 0 atom stereocenters. The smallest absolute Gasteiger partial charge is 0.319 e. The summed E-state index contributed by atoms with van der Waals surface area (Å²) in [5, 5.41) is 24.7. The fraction of sp³-hybridized carbons (Fsp3) is 0.250. The highest BCUT2D eigenvalue weighted by Crippen LogP contribution is 2.14. The monoisotopic (exact) mass is 290 g/mol. The number of amides is 2. The van der Waals surface area contributed by atoms with Crippen LogP contribution in [0.25, 0.3) is 5.69 Å². The summed E-state index contributed by atoms with van der Waals surface area (Å²) < 4.78 is 1.54. The number of rotatable bonds is 5. The number of tetrazole rings is 1. The lowest BCUT2D eigenvalue weighted by atomic mass is 10.3. The number of aryl methyl sites for hydroxylation is 1. The van der Waals surface area contributed by atoms with Crippen LogP contribution in [0.5, 0.6) is 0 Å². The number of carboxylic acids is 1. The number of hydrogen-bond acceptors (Lipinski definition) is 5. The highest BCUT2D eigenvalue weighted by atomic mass is 16.4. The Hall–Kier alpha value is -2.97. The topological polar surface area (TPSA) is 122 Å². The molecule has 0 spiro atoms. The molecule has 0 radical (unpaired) electrons. The maximum atomic E-state index is 11.6. The van der Waals surface area contributed by atoms with Crippen LogP contribution in [-0.4, -0.2) is 43.9 Å². The average Bonchev–Trinajstić information content (AvgIpc) is 2.85. The molecule has 1 aromatic heterocycles. The summed E-state index contributed by atoms with van der Waals surface area (Å²) >= 11 is 0. The van der Waals surface area contributed by atoms with Crippen LogP contribution in [0.4, 0.5) is 10.5 Å². The molecule has 9 heteroatoms. The highest BCUT2D eigenvalue weighted by molar-refractivity contribution is 5.89. The third-order valence-corrected chi connectivity index (χ3v) is 2.60. The van der Waals surface area contributed by atoms with E-state index in [0.29, 0.717) is 17.2 Å². The molecule has 0 fully saturated rings. The third-order valence-electron chi connectivity index (χ3n) is 2.60. The van der Waals surface area contributed by atoms with Crippen molar-refractivity contribution in [3.8, 4) is 5.69 Å². The zero-order chi connectivity index (χ0) is 15.2. The first kappa shape index (κ1) is 14.4. The molecule has 1 heterocycles. The predicted octanol–water partition coefficient (Wildman–Crippen LogP) is 0.567. The Balaban J connectivity index is 2.00. The van der Waals surface area contributed by atoms with Crippen molar-refractivity contribution in [2.24, 2.45) is 0 Å². The Morgan fingerprint density at radius 2 is 2.19 bits per heavy atom. The molecule has 21 heavy (non-hydrogen) atoms. The summed E-state index contributed by atoms with van der Waals surface area (Å²) in [5.41, 5.74) is 1.26. The first-order valence-corrected chi connectivity index (χ1v) is 6.18. The van der Waals surface area contributed by atoms with Gasteiger partial charge in [-0.25, -0.2) is 4.79 Å². The summed E-state index contributed by atoms with van der Waals surface area (Å²) in [5.74, 6) is -0.343. The summed E-state index contributed by atoms with van der Waals surface area (Å²) in [6.07, 6.45) is -0.128. The lowest BCUT2D eigenvalue weighted by Crippen LogP contribution is -2.30. The molecule has 0 bridgehead atoms. The molecule has 2 rings (SSSR count). The van der Waals surface area contributed by atoms with Crippen LogP contribution in [0.3, 0.4) is 0 Å². The number of anilines is 1. The van der Waals surface area contributed by atoms with Gasteiger partial charge in [-0.3, -0.25) is 4.79 Å². The number of benzene rings is 1. The zero-order valence-electron chi connectivity index (χ0n) is 11.3. The number of urea groups is 1. The van der Waals surface area contributed by atoms with Gasteiger partial charge in [-0.15, -0.1) is 5.10 Å². The van der Waals surface area contributed by atoms with Gasteiger partial charge in [0, 0.05) is 12.2 Å². The second-order valence-corrected chi connectivity index (χ2v) is 4.21. The van der Waals surface area contributed by atoms with Crippen molar-refractivity contribution >= 4 is 17.7 Å². The second-order valence-electron chi connectivity index (χ2n) is 4.21. The van der Waals surface area contributed by atoms with E-state index in [2.05, 4.69) is 26.2 Å². The summed E-state index contributed by atoms with van der Waals surface area (Å²) in [7, 11) is 0. The van der Waals surface area contributed by atoms with Gasteiger partial charge in [-0.1, -0.05) is 6.07 Å². The van der Waals surface area contributed by atoms with Gasteiger partial charge in [0.05, 0.1) is 12.1 Å². The maximum absolute atomic E-state index is 11.6. The number of carbonyl (C=O) groups is 2. The van der Waals surface area contributed by atoms with Crippen molar-refractivity contribution in [1.29, 1.82) is 0 Å². The number of carbonyl (C=O) groups excluding carboxylic acids is 1. The number of carboxylic acid groups (broad SMARTS) is 1. The Labute approximate surface area is 120 Å². The van der Waals surface area contributed by atoms with Crippen LogP contribution in [0.1, 0.15) is 12.2 Å². The lowest BCUT2D eigenvalue weighted by Gasteiger charge is -2.08. The molecule has 110 valence electrons. The summed E-state index contributed by atoms with van der Waals surface area (Å²) in [4.78, 5) is 22.0. The van der Waals surface area contributed by atoms with Crippen molar-refractivity contribution < 1.29 is 14.7 Å². The first-order valence-electron chi connectivity index (χ1n) is 6.18. The first-order chi connectivity index (χ1) is 10.1. The molecule has 1 aromatic carbocycles. The van der Waals surface area contributed by atoms with Gasteiger partial charge in [-0.2, -0.15) is 4.68 Å². The SMILES string of the molecule is Cc1nnnn1-c1cccc(NC(=O)NCCC(=O)O)c1. The molecule has 0 unspecified atom stereocenters. The van der Waals surface area contributed by atoms with Crippen molar-refractivity contribution in [2.75, 3.05) is 11.9 Å². The Morgan fingerprint density at radius 1 is 1.38 bits per heavy atom. The van der Waals surface area contributed by atoms with Crippen LogP contribution >= 0.6 is 0 Å². The number of hydrogen-bond donors (Lipinski definition) is 3. The maximum Gasteiger partial charge on any atom is 0.319 e. The Morgan fingerprint density at radius 3 is 2.86 bits per heavy atom. The molecular weight excluding hydrogens is 276 g/mol. The average molecular weight is 290 g/mol. The quantitative estimate of drug-likeness (QED) is 0.739. The molecule has 0 aliphatic rings. The molecule has 0 aliphatic carbocycles. The van der Waals surface area contributed by atoms with Crippen molar-refractivity contribution in [2.45, 2.75) is 13.3 Å². The fourth-order valence-electron chi connectivity index (χ4n) is 1.64. The van der Waals surface area contributed by atoms with Crippen LogP contribution in [0.15, 0.2) is 24.3 Å². The van der Waals surface area contributed by atoms with Gasteiger partial charge in [0.1, 0.15) is 0 Å². The van der Waals surface area contributed by atoms with E-state index in [1.807, 2.05) is 0 Å². The van der Waals surface area contributed by atoms with E-state index < -0.39 is 12.0 Å². The van der Waals surface area contributed by atoms with Gasteiger partial charge in [0.2, 0.25) is 0 Å². The van der Waals surface area contributed by atoms with Gasteiger partial charge in [0.15, 0.2) is 5.82 Å². The van der Waals surface area contributed by atoms with E-state index >= 15 is 0 Å². The molecular formula is C12H14N6O3. The van der Waals surface area contributed by atoms with Crippen molar-refractivity contribution in [3.63, 3.8) is 0 Å². The molecule has 0 saturated carbocycles. The molecule has 9 nitrogen and oxygen atoms in total. The summed E-state index contributed by atoms with van der Waals surface area (Å²) in [6, 6.07) is 6.50. The van der Waals surface area contributed by atoms with Crippen LogP contribution < -0.4 is 10.6 Å². The van der Waals surface area contributed by atoms with Crippen molar-refractivity contribution in [3.05, 3.63) is 30.1 Å². The lowest BCUT2D eigenvalue weighted by molar-refractivity contribution is -0.136. The Bertz CT molecular complexity index is 654. The van der Waals surface area contributed by atoms with Gasteiger partial charge >= 0.3 is 12.0 Å². The van der Waals surface area contributed by atoms with Gasteiger partial charge < -0.3 is 15.7 Å². The van der Waals surface area contributed by atoms with Crippen LogP contribution in [0.2, 0.25) is 0 Å². The molecule has 0 aliphatic heterocycles. The molecule has 3 N–H and O–H groups in total. The molecule has 0 saturated heterocycles. The fourth-order valence-corrected chi connectivity index (χ4v) is 1.64. The van der Waals surface area contributed by atoms with Crippen LogP contribution in [0, 0.1) is 6.92 Å². The number of aliphatic carboxylic acids is 1. The molecule has 2 amide bonds. The normalized spacial score (nSPS) is 10.1. The minimum Gasteiger partial charge on any atom is -0.481 e. The number of nitrogens with zero attached hydrogens (tertiary/aromatic N) is 4. The highest BCUT2D eigenvalue weighted by Gasteiger charge is 2.06. The van der Waals surface area contributed by atoms with E-state index in [4.69, 9.17) is 5.11 Å². The predicted molar refractivity (Wildman–Crippen MR) is 73.2 cm³/mol. The summed E-state index contributed by atoms with van der Waals surface area (Å²) in [6.45, 7) is 1.83. The van der Waals surface area contributed by atoms with E-state index in [1.165, 1.54) is 4.68 Å². The molecule has 2 aromatic rings. The number of aromatic nitrogens is 4. The van der Waals surface area contributed by atoms with Gasteiger partial charge in [0.25, 0.3) is 0 Å². The van der Waals surface area contributed by atoms with Crippen molar-refractivity contribution in [1.82, 2.24) is 25.5 Å². The van der Waals surface area contributed by atoms with Crippen LogP contribution in [-0.2, 0) is 4.79 Å². The standard InChI is InChI=1S/C12H14N6O3/c1-8-15-16-17-18(8)10-4-2-3-9(7-10)14-12(21)13-6-5-11(19)20/h2-4,7H,5-6H2,1H3,(H,19,20)(H2,13,14,21). The van der Waals surface area contributed by atoms with E-state index in [9.17, 15) is 9.59 Å². The minimum absolute atomic E-state index is 0.0625. The van der Waals surface area contributed by atoms with E-state index in [-0.39, 0.29) is 13.0 Å². The number of nitrogens with one attached hydrogen (secondary N) is 2. The van der Waals surface area contributed by atoms with E-state index in [0.717, 1.165) is 0 Å². The second kappa shape index (κ2) is 6.46. The Kier molecular flexibility index (Phi) is 4.44. The van der Waals surface area contributed by atoms with E-state index in [1.54, 1.807) is 31.2 Å². The largest absolute Gasteiger partial charge is 0.481 e. The third kappa shape index (κ3) is 4.00. The zero-order valence-corrected chi connectivity index (χ0v) is 11.3. The van der Waals surface area contributed by atoms with Gasteiger partial charge in [-0.05, 0) is 35.5 Å². The minimum atomic E-state index is -0.966.